The number of carboxylic acids is 1. The summed E-state index contributed by atoms with van der Waals surface area (Å²) in [6.45, 7) is 3.75. The van der Waals surface area contributed by atoms with Crippen molar-refractivity contribution in [2.45, 2.75) is 13.8 Å². The highest BCUT2D eigenvalue weighted by Gasteiger charge is 2.12. The third-order valence-electron chi connectivity index (χ3n) is 2.06. The van der Waals surface area contributed by atoms with Crippen molar-refractivity contribution in [2.75, 3.05) is 6.61 Å². The van der Waals surface area contributed by atoms with Crippen LogP contribution < -0.4 is 0 Å². The lowest BCUT2D eigenvalue weighted by atomic mass is 10.1. The zero-order valence-corrected chi connectivity index (χ0v) is 9.91. The van der Waals surface area contributed by atoms with E-state index in [0.717, 1.165) is 0 Å². The molecule has 0 heterocycles. The van der Waals surface area contributed by atoms with Crippen LogP contribution in [0.4, 0.5) is 0 Å². The van der Waals surface area contributed by atoms with E-state index >= 15 is 0 Å². The van der Waals surface area contributed by atoms with Gasteiger partial charge in [0.1, 0.15) is 5.76 Å². The molecule has 0 spiro atoms. The SMILES string of the molecule is CCO/C(=C(\C)C(=O)O)c1ccc(Cl)cc1. The van der Waals surface area contributed by atoms with Crippen molar-refractivity contribution >= 4 is 23.3 Å². The second-order valence-electron chi connectivity index (χ2n) is 3.20. The monoisotopic (exact) mass is 240 g/mol. The third kappa shape index (κ3) is 3.00. The first-order valence-corrected chi connectivity index (χ1v) is 5.27. The average molecular weight is 241 g/mol. The largest absolute Gasteiger partial charge is 0.493 e. The second-order valence-corrected chi connectivity index (χ2v) is 3.64. The summed E-state index contributed by atoms with van der Waals surface area (Å²) in [5, 5.41) is 9.54. The van der Waals surface area contributed by atoms with Crippen LogP contribution in [0.3, 0.4) is 0 Å². The minimum absolute atomic E-state index is 0.184. The van der Waals surface area contributed by atoms with Gasteiger partial charge in [0.15, 0.2) is 0 Å². The quantitative estimate of drug-likeness (QED) is 0.649. The minimum Gasteiger partial charge on any atom is -0.493 e. The van der Waals surface area contributed by atoms with E-state index in [1.807, 2.05) is 6.92 Å². The molecule has 0 bridgehead atoms. The topological polar surface area (TPSA) is 46.5 Å². The first-order valence-electron chi connectivity index (χ1n) is 4.89. The molecule has 1 aromatic rings. The van der Waals surface area contributed by atoms with Gasteiger partial charge in [-0.15, -0.1) is 0 Å². The number of rotatable bonds is 4. The number of ether oxygens (including phenoxy) is 1. The van der Waals surface area contributed by atoms with Crippen LogP contribution in [0, 0.1) is 0 Å². The minimum atomic E-state index is -0.988. The highest BCUT2D eigenvalue weighted by molar-refractivity contribution is 6.30. The van der Waals surface area contributed by atoms with Gasteiger partial charge >= 0.3 is 5.97 Å². The van der Waals surface area contributed by atoms with E-state index in [0.29, 0.717) is 23.0 Å². The lowest BCUT2D eigenvalue weighted by Gasteiger charge is -2.11. The molecule has 0 aromatic heterocycles. The predicted molar refractivity (Wildman–Crippen MR) is 63.3 cm³/mol. The van der Waals surface area contributed by atoms with E-state index in [1.54, 1.807) is 24.3 Å². The molecule has 16 heavy (non-hydrogen) atoms. The Balaban J connectivity index is 3.17. The third-order valence-corrected chi connectivity index (χ3v) is 2.31. The van der Waals surface area contributed by atoms with Crippen LogP contribution >= 0.6 is 11.6 Å². The first kappa shape index (κ1) is 12.6. The van der Waals surface area contributed by atoms with Gasteiger partial charge in [-0.1, -0.05) is 11.6 Å². The lowest BCUT2D eigenvalue weighted by Crippen LogP contribution is -2.03. The van der Waals surface area contributed by atoms with Crippen LogP contribution in [0.25, 0.3) is 5.76 Å². The maximum absolute atomic E-state index is 10.9. The molecule has 0 fully saturated rings. The zero-order chi connectivity index (χ0) is 12.1. The fraction of sp³-hybridized carbons (Fsp3) is 0.250. The Morgan fingerprint density at radius 1 is 1.38 bits per heavy atom. The Labute approximate surface area is 99.3 Å². The maximum Gasteiger partial charge on any atom is 0.335 e. The molecule has 0 radical (unpaired) electrons. The van der Waals surface area contributed by atoms with Crippen molar-refractivity contribution < 1.29 is 14.6 Å². The summed E-state index contributed by atoms with van der Waals surface area (Å²) in [7, 11) is 0. The fourth-order valence-corrected chi connectivity index (χ4v) is 1.38. The summed E-state index contributed by atoms with van der Waals surface area (Å²) < 4.78 is 5.35. The summed E-state index contributed by atoms with van der Waals surface area (Å²) in [5.74, 6) is -0.606. The van der Waals surface area contributed by atoms with Crippen molar-refractivity contribution in [3.8, 4) is 0 Å². The summed E-state index contributed by atoms with van der Waals surface area (Å²) in [4.78, 5) is 10.9. The molecule has 0 amide bonds. The standard InChI is InChI=1S/C12H13ClO3/c1-3-16-11(8(2)12(14)15)9-4-6-10(13)7-5-9/h4-7H,3H2,1-2H3,(H,14,15)/b11-8+. The number of carboxylic acid groups (broad SMARTS) is 1. The first-order chi connectivity index (χ1) is 7.56. The summed E-state index contributed by atoms with van der Waals surface area (Å²) in [5.41, 5.74) is 0.898. The molecule has 86 valence electrons. The molecule has 1 aromatic carbocycles. The molecule has 3 nitrogen and oxygen atoms in total. The number of halogens is 1. The van der Waals surface area contributed by atoms with Crippen molar-refractivity contribution in [3.63, 3.8) is 0 Å². The molecule has 0 aliphatic heterocycles. The Morgan fingerprint density at radius 2 is 1.94 bits per heavy atom. The van der Waals surface area contributed by atoms with E-state index in [2.05, 4.69) is 0 Å². The van der Waals surface area contributed by atoms with E-state index in [4.69, 9.17) is 21.4 Å². The predicted octanol–water partition coefficient (Wildman–Crippen LogP) is 3.19. The van der Waals surface area contributed by atoms with Crippen molar-refractivity contribution in [1.29, 1.82) is 0 Å². The number of hydrogen-bond donors (Lipinski definition) is 1. The molecule has 1 N–H and O–H groups in total. The smallest absolute Gasteiger partial charge is 0.335 e. The summed E-state index contributed by atoms with van der Waals surface area (Å²) >= 11 is 5.76. The molecular weight excluding hydrogens is 228 g/mol. The van der Waals surface area contributed by atoms with Gasteiger partial charge in [-0.2, -0.15) is 0 Å². The molecular formula is C12H13ClO3. The van der Waals surface area contributed by atoms with E-state index in [9.17, 15) is 4.79 Å². The van der Waals surface area contributed by atoms with Crippen LogP contribution in [0.1, 0.15) is 19.4 Å². The lowest BCUT2D eigenvalue weighted by molar-refractivity contribution is -0.132. The van der Waals surface area contributed by atoms with E-state index in [1.165, 1.54) is 6.92 Å². The van der Waals surface area contributed by atoms with Gasteiger partial charge in [0.25, 0.3) is 0 Å². The summed E-state index contributed by atoms with van der Waals surface area (Å²) in [6.07, 6.45) is 0. The van der Waals surface area contributed by atoms with E-state index in [-0.39, 0.29) is 5.57 Å². The maximum atomic E-state index is 10.9. The Bertz CT molecular complexity index is 407. The molecule has 0 aliphatic rings. The average Bonchev–Trinajstić information content (AvgIpc) is 2.26. The highest BCUT2D eigenvalue weighted by atomic mass is 35.5. The Morgan fingerprint density at radius 3 is 2.38 bits per heavy atom. The molecule has 0 aliphatic carbocycles. The van der Waals surface area contributed by atoms with Gasteiger partial charge in [-0.3, -0.25) is 0 Å². The number of benzene rings is 1. The van der Waals surface area contributed by atoms with Crippen molar-refractivity contribution in [2.24, 2.45) is 0 Å². The number of aliphatic carboxylic acids is 1. The van der Waals surface area contributed by atoms with Gasteiger partial charge < -0.3 is 9.84 Å². The molecule has 4 heteroatoms. The fourth-order valence-electron chi connectivity index (χ4n) is 1.25. The Hall–Kier alpha value is -1.48. The molecule has 1 rings (SSSR count). The molecule has 0 saturated carbocycles. The van der Waals surface area contributed by atoms with Crippen LogP contribution in [0.5, 0.6) is 0 Å². The highest BCUT2D eigenvalue weighted by Crippen LogP contribution is 2.22. The van der Waals surface area contributed by atoms with Gasteiger partial charge in [-0.25, -0.2) is 4.79 Å². The number of carbonyl (C=O) groups is 1. The van der Waals surface area contributed by atoms with Gasteiger partial charge in [-0.05, 0) is 38.1 Å². The second kappa shape index (κ2) is 5.56. The van der Waals surface area contributed by atoms with Gasteiger partial charge in [0.2, 0.25) is 0 Å². The molecule has 0 saturated heterocycles. The van der Waals surface area contributed by atoms with Crippen LogP contribution in [-0.4, -0.2) is 17.7 Å². The molecule has 0 atom stereocenters. The van der Waals surface area contributed by atoms with Crippen LogP contribution in [0.15, 0.2) is 29.8 Å². The zero-order valence-electron chi connectivity index (χ0n) is 9.16. The van der Waals surface area contributed by atoms with Crippen LogP contribution in [-0.2, 0) is 9.53 Å². The summed E-state index contributed by atoms with van der Waals surface area (Å²) in [6, 6.07) is 6.87. The molecule has 0 unspecified atom stereocenters. The van der Waals surface area contributed by atoms with Crippen molar-refractivity contribution in [1.82, 2.24) is 0 Å². The van der Waals surface area contributed by atoms with Crippen LogP contribution in [0.2, 0.25) is 5.02 Å². The van der Waals surface area contributed by atoms with E-state index < -0.39 is 5.97 Å². The van der Waals surface area contributed by atoms with Gasteiger partial charge in [0, 0.05) is 10.6 Å². The Kier molecular flexibility index (Phi) is 4.38. The van der Waals surface area contributed by atoms with Crippen molar-refractivity contribution in [3.05, 3.63) is 40.4 Å². The normalized spacial score (nSPS) is 11.9. The van der Waals surface area contributed by atoms with Gasteiger partial charge in [0.05, 0.1) is 12.2 Å². The number of hydrogen-bond acceptors (Lipinski definition) is 2.